The zero-order chi connectivity index (χ0) is 7.70. The van der Waals surface area contributed by atoms with Crippen LogP contribution in [0.3, 0.4) is 0 Å². The number of hydrogen-bond acceptors (Lipinski definition) is 1. The predicted molar refractivity (Wildman–Crippen MR) is 43.6 cm³/mol. The molecule has 0 rings (SSSR count). The van der Waals surface area contributed by atoms with Crippen LogP contribution in [0, 0.1) is 6.92 Å². The van der Waals surface area contributed by atoms with Gasteiger partial charge in [0.1, 0.15) is 0 Å². The van der Waals surface area contributed by atoms with E-state index >= 15 is 0 Å². The molecule has 0 N–H and O–H groups in total. The molecule has 2 heteroatoms. The molecule has 0 amide bonds. The summed E-state index contributed by atoms with van der Waals surface area (Å²) in [4.78, 5) is 3.70. The summed E-state index contributed by atoms with van der Waals surface area (Å²) in [5, 5.41) is 0. The van der Waals surface area contributed by atoms with Gasteiger partial charge in [-0.2, -0.15) is 6.21 Å². The molecular formula is C8H15NY-2. The van der Waals surface area contributed by atoms with Gasteiger partial charge in [-0.05, 0) is 0 Å². The molecule has 0 heterocycles. The number of allylic oxidation sites excluding steroid dienone is 1. The van der Waals surface area contributed by atoms with Crippen LogP contribution >= 0.6 is 0 Å². The quantitative estimate of drug-likeness (QED) is 0.470. The van der Waals surface area contributed by atoms with Crippen molar-refractivity contribution in [3.63, 3.8) is 0 Å². The van der Waals surface area contributed by atoms with Gasteiger partial charge < -0.3 is 4.99 Å². The first-order valence-electron chi connectivity index (χ1n) is 3.12. The average molecular weight is 214 g/mol. The summed E-state index contributed by atoms with van der Waals surface area (Å²) in [6.45, 7) is 11.2. The van der Waals surface area contributed by atoms with Crippen molar-refractivity contribution >= 4 is 6.21 Å². The standard InChI is InChI=1S/C6H9N.C2H6.Y/c1-4-7-5-6(2)3;1-2;/h5H,2H2,1,3H3;1-2H3;/q-2;;/b6-5-;;. The minimum atomic E-state index is 0. The molecule has 1 radical (unpaired) electrons. The van der Waals surface area contributed by atoms with Crippen LogP contribution in [0.25, 0.3) is 0 Å². The van der Waals surface area contributed by atoms with Crippen LogP contribution in [0.2, 0.25) is 0 Å². The van der Waals surface area contributed by atoms with Crippen molar-refractivity contribution in [3.8, 4) is 0 Å². The van der Waals surface area contributed by atoms with Crippen molar-refractivity contribution in [2.45, 2.75) is 27.7 Å². The fraction of sp³-hybridized carbons (Fsp3) is 0.500. The maximum Gasteiger partial charge on any atom is 0 e. The summed E-state index contributed by atoms with van der Waals surface area (Å²) in [5.41, 5.74) is 0.953. The fourth-order valence-electron chi connectivity index (χ4n) is 0.175. The van der Waals surface area contributed by atoms with Crippen LogP contribution in [0.15, 0.2) is 16.8 Å². The van der Waals surface area contributed by atoms with Crippen molar-refractivity contribution in [1.82, 2.24) is 0 Å². The maximum absolute atomic E-state index is 3.70. The van der Waals surface area contributed by atoms with Gasteiger partial charge in [0.2, 0.25) is 0 Å². The van der Waals surface area contributed by atoms with Crippen molar-refractivity contribution < 1.29 is 32.7 Å². The summed E-state index contributed by atoms with van der Waals surface area (Å²) >= 11 is 0. The van der Waals surface area contributed by atoms with Crippen LogP contribution in [0.1, 0.15) is 27.7 Å². The summed E-state index contributed by atoms with van der Waals surface area (Å²) in [6.07, 6.45) is 4.27. The molecule has 0 saturated heterocycles. The Morgan fingerprint density at radius 1 is 1.50 bits per heavy atom. The van der Waals surface area contributed by atoms with E-state index in [0.717, 1.165) is 5.57 Å². The van der Waals surface area contributed by atoms with E-state index in [1.807, 2.05) is 20.8 Å². The molecule has 0 unspecified atom stereocenters. The Balaban J connectivity index is -0.000000149. The Kier molecular flexibility index (Phi) is 27.1. The van der Waals surface area contributed by atoms with E-state index in [-0.39, 0.29) is 32.7 Å². The first-order chi connectivity index (χ1) is 4.27. The molecule has 10 heavy (non-hydrogen) atoms. The molecule has 0 aromatic rings. The number of aliphatic imine (C=N–C) groups is 1. The monoisotopic (exact) mass is 214 g/mol. The van der Waals surface area contributed by atoms with Gasteiger partial charge in [-0.15, -0.1) is 13.1 Å². The van der Waals surface area contributed by atoms with Crippen LogP contribution < -0.4 is 0 Å². The van der Waals surface area contributed by atoms with Crippen LogP contribution in [-0.4, -0.2) is 6.21 Å². The second-order valence-corrected chi connectivity index (χ2v) is 1.33. The second-order valence-electron chi connectivity index (χ2n) is 1.33. The van der Waals surface area contributed by atoms with Gasteiger partial charge in [-0.25, -0.2) is 12.5 Å². The maximum atomic E-state index is 3.70. The van der Waals surface area contributed by atoms with Gasteiger partial charge in [0.05, 0.1) is 0 Å². The Bertz CT molecular complexity index is 91.4. The zero-order valence-corrected chi connectivity index (χ0v) is 10.1. The van der Waals surface area contributed by atoms with E-state index in [4.69, 9.17) is 0 Å². The first kappa shape index (κ1) is 16.8. The Hall–Kier alpha value is 0.384. The summed E-state index contributed by atoms with van der Waals surface area (Å²) in [6, 6.07) is 0. The van der Waals surface area contributed by atoms with Gasteiger partial charge in [0.25, 0.3) is 0 Å². The summed E-state index contributed by atoms with van der Waals surface area (Å²) < 4.78 is 0. The van der Waals surface area contributed by atoms with E-state index in [1.165, 1.54) is 0 Å². The Labute approximate surface area is 89.9 Å². The molecule has 0 fully saturated rings. The van der Waals surface area contributed by atoms with Crippen molar-refractivity contribution in [2.75, 3.05) is 0 Å². The molecule has 0 bridgehead atoms. The molecule has 0 aromatic carbocycles. The minimum Gasteiger partial charge on any atom is -0.465 e. The molecule has 0 aliphatic rings. The largest absolute Gasteiger partial charge is 0.465 e. The Morgan fingerprint density at radius 3 is 2.00 bits per heavy atom. The van der Waals surface area contributed by atoms with E-state index in [2.05, 4.69) is 18.1 Å². The number of hydrogen-bond donors (Lipinski definition) is 0. The molecule has 0 aromatic heterocycles. The van der Waals surface area contributed by atoms with Gasteiger partial charge in [-0.3, -0.25) is 0 Å². The minimum absolute atomic E-state index is 0. The third-order valence-electron chi connectivity index (χ3n) is 0.414. The van der Waals surface area contributed by atoms with Crippen molar-refractivity contribution in [1.29, 1.82) is 0 Å². The molecule has 57 valence electrons. The summed E-state index contributed by atoms with van der Waals surface area (Å²) in [7, 11) is 0. The number of rotatable bonds is 1. The normalized spacial score (nSPS) is 9.80. The molecule has 1 nitrogen and oxygen atoms in total. The Morgan fingerprint density at radius 2 is 1.90 bits per heavy atom. The third kappa shape index (κ3) is 23.8. The van der Waals surface area contributed by atoms with E-state index < -0.39 is 0 Å². The van der Waals surface area contributed by atoms with Gasteiger partial charge in [0.15, 0.2) is 0 Å². The molecule has 0 aliphatic heterocycles. The van der Waals surface area contributed by atoms with Gasteiger partial charge >= 0.3 is 0 Å². The van der Waals surface area contributed by atoms with E-state index in [0.29, 0.717) is 0 Å². The second kappa shape index (κ2) is 16.2. The topological polar surface area (TPSA) is 12.4 Å². The van der Waals surface area contributed by atoms with E-state index in [9.17, 15) is 0 Å². The first-order valence-corrected chi connectivity index (χ1v) is 3.12. The molecular weight excluding hydrogens is 199 g/mol. The van der Waals surface area contributed by atoms with E-state index in [1.54, 1.807) is 13.1 Å². The predicted octanol–water partition coefficient (Wildman–Crippen LogP) is 2.72. The van der Waals surface area contributed by atoms with Crippen LogP contribution in [0.5, 0.6) is 0 Å². The van der Waals surface area contributed by atoms with Crippen LogP contribution in [0.4, 0.5) is 0 Å². The van der Waals surface area contributed by atoms with Gasteiger partial charge in [-0.1, -0.05) is 20.8 Å². The van der Waals surface area contributed by atoms with Gasteiger partial charge in [0, 0.05) is 32.7 Å². The fourth-order valence-corrected chi connectivity index (χ4v) is 0.175. The summed E-state index contributed by atoms with van der Waals surface area (Å²) in [5.74, 6) is 0. The van der Waals surface area contributed by atoms with Crippen molar-refractivity contribution in [2.24, 2.45) is 4.99 Å². The SMILES string of the molecule is CC.[CH2-]/C(C)=C/N=[C-]C.[Y]. The van der Waals surface area contributed by atoms with Crippen LogP contribution in [-0.2, 0) is 32.7 Å². The average Bonchev–Trinajstić information content (AvgIpc) is 1.88. The third-order valence-corrected chi connectivity index (χ3v) is 0.414. The number of nitrogens with zero attached hydrogens (tertiary/aromatic N) is 1. The molecule has 0 atom stereocenters. The molecule has 0 spiro atoms. The molecule has 0 saturated carbocycles. The smallest absolute Gasteiger partial charge is 0 e. The molecule has 0 aliphatic carbocycles. The zero-order valence-electron chi connectivity index (χ0n) is 7.31. The van der Waals surface area contributed by atoms with Crippen molar-refractivity contribution in [3.05, 3.63) is 18.7 Å².